The number of primary amides is 1. The van der Waals surface area contributed by atoms with Crippen molar-refractivity contribution in [3.8, 4) is 0 Å². The molecule has 2 aromatic carbocycles. The predicted octanol–water partition coefficient (Wildman–Crippen LogP) is 3.83. The van der Waals surface area contributed by atoms with Crippen LogP contribution < -0.4 is 11.1 Å². The zero-order chi connectivity index (χ0) is 16.6. The van der Waals surface area contributed by atoms with E-state index in [1.165, 1.54) is 12.1 Å². The molecule has 3 rings (SSSR count). The molecule has 6 heteroatoms. The van der Waals surface area contributed by atoms with Gasteiger partial charge in [0.15, 0.2) is 0 Å². The molecule has 1 fully saturated rings. The first-order valence-electron chi connectivity index (χ1n) is 7.12. The van der Waals surface area contributed by atoms with E-state index in [2.05, 4.69) is 5.32 Å². The van der Waals surface area contributed by atoms with Crippen molar-refractivity contribution < 1.29 is 9.59 Å². The molecule has 4 nitrogen and oxygen atoms in total. The number of nitrogens with one attached hydrogen (secondary N) is 1. The lowest BCUT2D eigenvalue weighted by molar-refractivity contribution is -0.117. The molecule has 118 valence electrons. The summed E-state index contributed by atoms with van der Waals surface area (Å²) >= 11 is 12.1. The molecule has 0 radical (unpaired) electrons. The van der Waals surface area contributed by atoms with Crippen LogP contribution in [0.1, 0.15) is 28.3 Å². The van der Waals surface area contributed by atoms with Crippen LogP contribution in [0.15, 0.2) is 42.5 Å². The molecule has 23 heavy (non-hydrogen) atoms. The van der Waals surface area contributed by atoms with Gasteiger partial charge in [-0.05, 0) is 42.2 Å². The molecule has 0 unspecified atom stereocenters. The minimum Gasteiger partial charge on any atom is -0.366 e. The van der Waals surface area contributed by atoms with Crippen LogP contribution in [0.3, 0.4) is 0 Å². The van der Waals surface area contributed by atoms with Crippen LogP contribution in [0.5, 0.6) is 0 Å². The highest BCUT2D eigenvalue weighted by Crippen LogP contribution is 2.50. The molecule has 1 saturated carbocycles. The number of hydrogen-bond acceptors (Lipinski definition) is 2. The Balaban J connectivity index is 1.68. The van der Waals surface area contributed by atoms with E-state index in [9.17, 15) is 9.59 Å². The summed E-state index contributed by atoms with van der Waals surface area (Å²) in [6.07, 6.45) is 0.767. The molecule has 0 saturated heterocycles. The second-order valence-corrected chi connectivity index (χ2v) is 6.33. The number of anilines is 1. The van der Waals surface area contributed by atoms with Gasteiger partial charge < -0.3 is 11.1 Å². The average molecular weight is 349 g/mol. The van der Waals surface area contributed by atoms with E-state index in [-0.39, 0.29) is 28.3 Å². The first-order chi connectivity index (χ1) is 11.0. The Labute approximate surface area is 143 Å². The van der Waals surface area contributed by atoms with Crippen molar-refractivity contribution in [1.29, 1.82) is 0 Å². The van der Waals surface area contributed by atoms with Gasteiger partial charge in [0.25, 0.3) is 0 Å². The van der Waals surface area contributed by atoms with Crippen LogP contribution in [0.4, 0.5) is 5.69 Å². The predicted molar refractivity (Wildman–Crippen MR) is 90.9 cm³/mol. The van der Waals surface area contributed by atoms with Gasteiger partial charge in [0.05, 0.1) is 10.6 Å². The van der Waals surface area contributed by atoms with Crippen LogP contribution >= 0.6 is 23.2 Å². The van der Waals surface area contributed by atoms with E-state index < -0.39 is 5.91 Å². The molecular formula is C17H14Cl2N2O2. The van der Waals surface area contributed by atoms with Crippen molar-refractivity contribution in [3.05, 3.63) is 63.6 Å². The van der Waals surface area contributed by atoms with E-state index in [1.807, 2.05) is 24.3 Å². The zero-order valence-corrected chi connectivity index (χ0v) is 13.6. The van der Waals surface area contributed by atoms with Gasteiger partial charge in [-0.25, -0.2) is 0 Å². The van der Waals surface area contributed by atoms with E-state index in [0.29, 0.717) is 10.7 Å². The first-order valence-corrected chi connectivity index (χ1v) is 7.87. The molecule has 2 aromatic rings. The summed E-state index contributed by atoms with van der Waals surface area (Å²) in [5, 5.41) is 3.71. The molecule has 3 N–H and O–H groups in total. The van der Waals surface area contributed by atoms with Gasteiger partial charge in [0.1, 0.15) is 0 Å². The van der Waals surface area contributed by atoms with Crippen LogP contribution in [-0.4, -0.2) is 11.8 Å². The number of amides is 2. The number of benzene rings is 2. The summed E-state index contributed by atoms with van der Waals surface area (Å²) in [5.74, 6) is -0.653. The van der Waals surface area contributed by atoms with Crippen molar-refractivity contribution in [3.63, 3.8) is 0 Å². The largest absolute Gasteiger partial charge is 0.366 e. The maximum absolute atomic E-state index is 12.3. The van der Waals surface area contributed by atoms with Gasteiger partial charge in [-0.2, -0.15) is 0 Å². The van der Waals surface area contributed by atoms with Crippen LogP contribution in [-0.2, 0) is 4.79 Å². The zero-order valence-electron chi connectivity index (χ0n) is 12.1. The van der Waals surface area contributed by atoms with Crippen molar-refractivity contribution >= 4 is 40.7 Å². The lowest BCUT2D eigenvalue weighted by Crippen LogP contribution is -2.15. The smallest absolute Gasteiger partial charge is 0.250 e. The maximum atomic E-state index is 12.3. The third-order valence-corrected chi connectivity index (χ3v) is 4.59. The number of nitrogens with two attached hydrogens (primary N) is 1. The van der Waals surface area contributed by atoms with E-state index >= 15 is 0 Å². The third kappa shape index (κ3) is 3.33. The fraction of sp³-hybridized carbons (Fsp3) is 0.176. The minimum absolute atomic E-state index is 0.0854. The molecule has 2 atom stereocenters. The third-order valence-electron chi connectivity index (χ3n) is 3.93. The SMILES string of the molecule is NC(=O)c1ccc(NC(=O)[C@@H]2C[C@@H]2c2ccccc2Cl)cc1Cl. The second-order valence-electron chi connectivity index (χ2n) is 5.52. The molecule has 0 bridgehead atoms. The average Bonchev–Trinajstić information content (AvgIpc) is 3.28. The Hall–Kier alpha value is -2.04. The van der Waals surface area contributed by atoms with Crippen molar-refractivity contribution in [2.75, 3.05) is 5.32 Å². The maximum Gasteiger partial charge on any atom is 0.250 e. The highest BCUT2D eigenvalue weighted by Gasteiger charge is 2.44. The molecule has 1 aliphatic rings. The summed E-state index contributed by atoms with van der Waals surface area (Å²) in [5.41, 5.74) is 6.96. The first kappa shape index (κ1) is 15.8. The van der Waals surface area contributed by atoms with Gasteiger partial charge >= 0.3 is 0 Å². The van der Waals surface area contributed by atoms with E-state index in [4.69, 9.17) is 28.9 Å². The molecule has 0 aliphatic heterocycles. The molecule has 1 aliphatic carbocycles. The molecule has 0 heterocycles. The normalized spacial score (nSPS) is 19.2. The summed E-state index contributed by atoms with van der Waals surface area (Å²) in [6.45, 7) is 0. The van der Waals surface area contributed by atoms with Gasteiger partial charge in [-0.3, -0.25) is 9.59 Å². The van der Waals surface area contributed by atoms with Gasteiger partial charge in [-0.1, -0.05) is 41.4 Å². The van der Waals surface area contributed by atoms with Crippen LogP contribution in [0, 0.1) is 5.92 Å². The van der Waals surface area contributed by atoms with E-state index in [1.54, 1.807) is 6.07 Å². The summed E-state index contributed by atoms with van der Waals surface area (Å²) < 4.78 is 0. The van der Waals surface area contributed by atoms with E-state index in [0.717, 1.165) is 12.0 Å². The monoisotopic (exact) mass is 348 g/mol. The topological polar surface area (TPSA) is 72.2 Å². The van der Waals surface area contributed by atoms with Gasteiger partial charge in [0.2, 0.25) is 11.8 Å². The Morgan fingerprint density at radius 3 is 2.48 bits per heavy atom. The summed E-state index contributed by atoms with van der Waals surface area (Å²) in [7, 11) is 0. The minimum atomic E-state index is -0.603. The number of hydrogen-bond donors (Lipinski definition) is 2. The lowest BCUT2D eigenvalue weighted by atomic mass is 10.1. The number of carbonyl (C=O) groups is 2. The molecule has 2 amide bonds. The van der Waals surface area contributed by atoms with Gasteiger partial charge in [0, 0.05) is 16.6 Å². The highest BCUT2D eigenvalue weighted by atomic mass is 35.5. The van der Waals surface area contributed by atoms with Crippen molar-refractivity contribution in [1.82, 2.24) is 0 Å². The molecule has 0 aromatic heterocycles. The second kappa shape index (κ2) is 6.22. The Bertz CT molecular complexity index is 792. The molecule has 0 spiro atoms. The number of carbonyl (C=O) groups excluding carboxylic acids is 2. The number of halogens is 2. The summed E-state index contributed by atoms with van der Waals surface area (Å²) in [4.78, 5) is 23.5. The fourth-order valence-corrected chi connectivity index (χ4v) is 3.18. The van der Waals surface area contributed by atoms with Gasteiger partial charge in [-0.15, -0.1) is 0 Å². The highest BCUT2D eigenvalue weighted by molar-refractivity contribution is 6.34. The lowest BCUT2D eigenvalue weighted by Gasteiger charge is -2.08. The van der Waals surface area contributed by atoms with Crippen molar-refractivity contribution in [2.24, 2.45) is 11.7 Å². The fourth-order valence-electron chi connectivity index (χ4n) is 2.63. The Morgan fingerprint density at radius 1 is 1.09 bits per heavy atom. The van der Waals surface area contributed by atoms with Crippen LogP contribution in [0.2, 0.25) is 10.0 Å². The Kier molecular flexibility index (Phi) is 4.28. The Morgan fingerprint density at radius 2 is 1.83 bits per heavy atom. The van der Waals surface area contributed by atoms with Crippen LogP contribution in [0.25, 0.3) is 0 Å². The quantitative estimate of drug-likeness (QED) is 0.880. The standard InChI is InChI=1S/C17H14Cl2N2O2/c18-14-4-2-1-3-10(14)12-8-13(12)17(23)21-9-5-6-11(16(20)22)15(19)7-9/h1-7,12-13H,8H2,(H2,20,22)(H,21,23)/t12-,13-/m1/s1. The molecular weight excluding hydrogens is 335 g/mol. The summed E-state index contributed by atoms with van der Waals surface area (Å²) in [6, 6.07) is 12.2. The van der Waals surface area contributed by atoms with Crippen molar-refractivity contribution in [2.45, 2.75) is 12.3 Å². The number of rotatable bonds is 4.